The van der Waals surface area contributed by atoms with Crippen molar-refractivity contribution in [3.05, 3.63) is 47.3 Å². The molecule has 66 valence electrons. The smallest absolute Gasteiger partial charge is 0.0345 e. The van der Waals surface area contributed by atoms with Gasteiger partial charge in [0.25, 0.3) is 0 Å². The maximum absolute atomic E-state index is 5.66. The molecule has 0 saturated heterocycles. The minimum Gasteiger partial charge on any atom is -0.326 e. The largest absolute Gasteiger partial charge is 0.326 e. The Morgan fingerprint density at radius 2 is 1.92 bits per heavy atom. The quantitative estimate of drug-likeness (QED) is 0.772. The zero-order valence-electron chi connectivity index (χ0n) is 7.23. The molecule has 2 heteroatoms. The van der Waals surface area contributed by atoms with Crippen LogP contribution in [0.4, 0.5) is 0 Å². The normalized spacial score (nSPS) is 10.2. The highest BCUT2D eigenvalue weighted by Crippen LogP contribution is 2.27. The van der Waals surface area contributed by atoms with Crippen LogP contribution in [0.2, 0.25) is 0 Å². The summed E-state index contributed by atoms with van der Waals surface area (Å²) in [4.78, 5) is 1.29. The van der Waals surface area contributed by atoms with E-state index in [9.17, 15) is 0 Å². The highest BCUT2D eigenvalue weighted by Gasteiger charge is 2.02. The number of benzene rings is 1. The molecule has 0 spiro atoms. The summed E-state index contributed by atoms with van der Waals surface area (Å²) in [5.74, 6) is 0. The van der Waals surface area contributed by atoms with Crippen LogP contribution in [0, 0.1) is 0 Å². The Bertz CT molecular complexity index is 379. The first-order chi connectivity index (χ1) is 6.42. The zero-order chi connectivity index (χ0) is 9.10. The predicted octanol–water partition coefficient (Wildman–Crippen LogP) is 2.87. The second-order valence-corrected chi connectivity index (χ2v) is 3.79. The topological polar surface area (TPSA) is 26.0 Å². The van der Waals surface area contributed by atoms with Crippen LogP contribution >= 0.6 is 11.3 Å². The van der Waals surface area contributed by atoms with E-state index in [1.807, 2.05) is 12.1 Å². The fourth-order valence-electron chi connectivity index (χ4n) is 1.37. The van der Waals surface area contributed by atoms with Crippen LogP contribution in [0.1, 0.15) is 5.56 Å². The Morgan fingerprint density at radius 1 is 1.08 bits per heavy atom. The van der Waals surface area contributed by atoms with Crippen LogP contribution in [-0.4, -0.2) is 0 Å². The van der Waals surface area contributed by atoms with Crippen molar-refractivity contribution in [3.8, 4) is 10.4 Å². The summed E-state index contributed by atoms with van der Waals surface area (Å²) >= 11 is 1.75. The van der Waals surface area contributed by atoms with Gasteiger partial charge in [0.05, 0.1) is 0 Å². The molecule has 0 amide bonds. The SMILES string of the molecule is NCc1ccccc1-c1cccs1. The molecular weight excluding hydrogens is 178 g/mol. The fraction of sp³-hybridized carbons (Fsp3) is 0.0909. The number of rotatable bonds is 2. The second kappa shape index (κ2) is 3.73. The number of nitrogens with two attached hydrogens (primary N) is 1. The summed E-state index contributed by atoms with van der Waals surface area (Å²) in [5, 5.41) is 2.09. The van der Waals surface area contributed by atoms with Gasteiger partial charge in [-0.15, -0.1) is 11.3 Å². The van der Waals surface area contributed by atoms with Gasteiger partial charge >= 0.3 is 0 Å². The third-order valence-corrected chi connectivity index (χ3v) is 2.93. The van der Waals surface area contributed by atoms with Crippen molar-refractivity contribution < 1.29 is 0 Å². The first-order valence-corrected chi connectivity index (χ1v) is 5.11. The van der Waals surface area contributed by atoms with Crippen molar-refractivity contribution in [2.45, 2.75) is 6.54 Å². The van der Waals surface area contributed by atoms with E-state index in [4.69, 9.17) is 5.73 Å². The molecule has 1 heterocycles. The van der Waals surface area contributed by atoms with Gasteiger partial charge in [0.2, 0.25) is 0 Å². The molecule has 0 atom stereocenters. The van der Waals surface area contributed by atoms with Gasteiger partial charge in [-0.3, -0.25) is 0 Å². The highest BCUT2D eigenvalue weighted by molar-refractivity contribution is 7.13. The lowest BCUT2D eigenvalue weighted by Gasteiger charge is -2.03. The van der Waals surface area contributed by atoms with Crippen molar-refractivity contribution in [3.63, 3.8) is 0 Å². The molecule has 0 aliphatic heterocycles. The Labute approximate surface area is 81.8 Å². The maximum Gasteiger partial charge on any atom is 0.0345 e. The van der Waals surface area contributed by atoms with Crippen molar-refractivity contribution in [2.75, 3.05) is 0 Å². The third-order valence-electron chi connectivity index (χ3n) is 2.02. The van der Waals surface area contributed by atoms with Crippen LogP contribution in [0.5, 0.6) is 0 Å². The molecule has 13 heavy (non-hydrogen) atoms. The Hall–Kier alpha value is -1.12. The number of hydrogen-bond donors (Lipinski definition) is 1. The summed E-state index contributed by atoms with van der Waals surface area (Å²) < 4.78 is 0. The minimum absolute atomic E-state index is 0.605. The molecule has 2 aromatic rings. The molecular formula is C11H11NS. The minimum atomic E-state index is 0.605. The maximum atomic E-state index is 5.66. The van der Waals surface area contributed by atoms with Crippen LogP contribution < -0.4 is 5.73 Å². The average Bonchev–Trinajstić information content (AvgIpc) is 2.70. The molecule has 0 aliphatic rings. The molecule has 0 saturated carbocycles. The van der Waals surface area contributed by atoms with Gasteiger partial charge in [-0.25, -0.2) is 0 Å². The predicted molar refractivity (Wildman–Crippen MR) is 57.6 cm³/mol. The van der Waals surface area contributed by atoms with E-state index < -0.39 is 0 Å². The number of hydrogen-bond acceptors (Lipinski definition) is 2. The Balaban J connectivity index is 2.51. The van der Waals surface area contributed by atoms with Crippen LogP contribution in [0.25, 0.3) is 10.4 Å². The van der Waals surface area contributed by atoms with Crippen LogP contribution in [0.3, 0.4) is 0 Å². The van der Waals surface area contributed by atoms with Gasteiger partial charge < -0.3 is 5.73 Å². The molecule has 1 aromatic carbocycles. The van der Waals surface area contributed by atoms with Crippen molar-refractivity contribution in [2.24, 2.45) is 5.73 Å². The van der Waals surface area contributed by atoms with Crippen molar-refractivity contribution in [1.82, 2.24) is 0 Å². The van der Waals surface area contributed by atoms with E-state index in [2.05, 4.69) is 29.6 Å². The number of thiophene rings is 1. The lowest BCUT2D eigenvalue weighted by Crippen LogP contribution is -1.97. The molecule has 0 radical (unpaired) electrons. The Kier molecular flexibility index (Phi) is 2.43. The van der Waals surface area contributed by atoms with Crippen LogP contribution in [0.15, 0.2) is 41.8 Å². The standard InChI is InChI=1S/C11H11NS/c12-8-9-4-1-2-5-10(9)11-6-3-7-13-11/h1-7H,8,12H2. The van der Waals surface area contributed by atoms with Gasteiger partial charge in [0.15, 0.2) is 0 Å². The van der Waals surface area contributed by atoms with Crippen LogP contribution in [-0.2, 0) is 6.54 Å². The lowest BCUT2D eigenvalue weighted by molar-refractivity contribution is 1.07. The third kappa shape index (κ3) is 1.64. The zero-order valence-corrected chi connectivity index (χ0v) is 8.05. The van der Waals surface area contributed by atoms with E-state index >= 15 is 0 Å². The monoisotopic (exact) mass is 189 g/mol. The van der Waals surface area contributed by atoms with Gasteiger partial charge in [-0.05, 0) is 22.6 Å². The van der Waals surface area contributed by atoms with Gasteiger partial charge in [0, 0.05) is 11.4 Å². The van der Waals surface area contributed by atoms with Gasteiger partial charge in [-0.1, -0.05) is 30.3 Å². The van der Waals surface area contributed by atoms with Gasteiger partial charge in [-0.2, -0.15) is 0 Å². The Morgan fingerprint density at radius 3 is 2.62 bits per heavy atom. The van der Waals surface area contributed by atoms with E-state index in [0.717, 1.165) is 0 Å². The van der Waals surface area contributed by atoms with Crippen molar-refractivity contribution >= 4 is 11.3 Å². The summed E-state index contributed by atoms with van der Waals surface area (Å²) in [7, 11) is 0. The molecule has 1 nitrogen and oxygen atoms in total. The summed E-state index contributed by atoms with van der Waals surface area (Å²) in [6.45, 7) is 0.605. The summed E-state index contributed by atoms with van der Waals surface area (Å²) in [5.41, 5.74) is 8.14. The molecule has 0 fully saturated rings. The van der Waals surface area contributed by atoms with E-state index in [0.29, 0.717) is 6.54 Å². The molecule has 2 rings (SSSR count). The van der Waals surface area contributed by atoms with E-state index in [1.54, 1.807) is 11.3 Å². The molecule has 2 N–H and O–H groups in total. The first kappa shape index (κ1) is 8.48. The molecule has 0 bridgehead atoms. The summed E-state index contributed by atoms with van der Waals surface area (Å²) in [6.07, 6.45) is 0. The highest BCUT2D eigenvalue weighted by atomic mass is 32.1. The van der Waals surface area contributed by atoms with E-state index in [1.165, 1.54) is 16.0 Å². The second-order valence-electron chi connectivity index (χ2n) is 2.84. The van der Waals surface area contributed by atoms with E-state index in [-0.39, 0.29) is 0 Å². The molecule has 1 aromatic heterocycles. The summed E-state index contributed by atoms with van der Waals surface area (Å²) in [6, 6.07) is 12.5. The van der Waals surface area contributed by atoms with Crippen molar-refractivity contribution in [1.29, 1.82) is 0 Å². The lowest BCUT2D eigenvalue weighted by atomic mass is 10.1. The fourth-order valence-corrected chi connectivity index (χ4v) is 2.16. The van der Waals surface area contributed by atoms with Gasteiger partial charge in [0.1, 0.15) is 0 Å². The average molecular weight is 189 g/mol. The molecule has 0 unspecified atom stereocenters. The molecule has 0 aliphatic carbocycles. The first-order valence-electron chi connectivity index (χ1n) is 4.23.